The molecule has 13 aromatic carbocycles. The number of nitrogens with zero attached hydrogens (tertiary/aromatic N) is 3. The van der Waals surface area contributed by atoms with Gasteiger partial charge in [-0.1, -0.05) is 250 Å². The van der Waals surface area contributed by atoms with Crippen molar-refractivity contribution >= 4 is 45.1 Å². The lowest BCUT2D eigenvalue weighted by Crippen LogP contribution is -2.17. The van der Waals surface area contributed by atoms with E-state index in [1.807, 2.05) is 122 Å². The minimum Gasteiger partial charge on any atom is -0.475 e. The number of aryl methyl sites for hydroxylation is 11. The molecule has 15 aromatic rings. The first-order chi connectivity index (χ1) is 65.8. The van der Waals surface area contributed by atoms with Gasteiger partial charge in [-0.3, -0.25) is 4.99 Å². The Bertz CT molecular complexity index is 7250. The zero-order chi connectivity index (χ0) is 103. The minimum atomic E-state index is -2.36. The molecule has 0 fully saturated rings. The maximum Gasteiger partial charge on any atom is 0.216 e. The lowest BCUT2D eigenvalue weighted by Gasteiger charge is -2.19. The summed E-state index contributed by atoms with van der Waals surface area (Å²) in [4.78, 5) is 13.9. The van der Waals surface area contributed by atoms with Gasteiger partial charge in [-0.2, -0.15) is 0 Å². The third-order valence-corrected chi connectivity index (χ3v) is 24.4. The highest BCUT2D eigenvalue weighted by Crippen LogP contribution is 2.41. The van der Waals surface area contributed by atoms with Crippen molar-refractivity contribution < 1.29 is 37.5 Å². The van der Waals surface area contributed by atoms with E-state index < -0.39 is 39.2 Å². The van der Waals surface area contributed by atoms with Crippen LogP contribution in [0.3, 0.4) is 0 Å². The fourth-order valence-electron chi connectivity index (χ4n) is 16.9. The van der Waals surface area contributed by atoms with Crippen LogP contribution in [-0.4, -0.2) is 41.8 Å². The summed E-state index contributed by atoms with van der Waals surface area (Å²) in [6, 6.07) is 82.1. The Balaban J connectivity index is 0.000000141. The molecule has 0 unspecified atom stereocenters. The van der Waals surface area contributed by atoms with E-state index in [0.29, 0.717) is 64.3 Å². The number of hydrogen-bond acceptors (Lipinski definition) is 7. The Kier molecular flexibility index (Phi) is 22.1. The third-order valence-electron chi connectivity index (χ3n) is 24.4. The van der Waals surface area contributed by atoms with Crippen molar-refractivity contribution in [3.05, 3.63) is 360 Å². The average Bonchev–Trinajstić information content (AvgIpc) is 1.02. The van der Waals surface area contributed by atoms with Gasteiger partial charge in [-0.25, -0.2) is 9.98 Å². The molecule has 2 aromatic heterocycles. The first-order valence-electron chi connectivity index (χ1n) is 51.2. The van der Waals surface area contributed by atoms with E-state index in [9.17, 15) is 0 Å². The Morgan fingerprint density at radius 3 is 1.01 bits per heavy atom. The monoisotopic (exact) mass is 1690 g/mol. The summed E-state index contributed by atoms with van der Waals surface area (Å²) in [5.41, 5.74) is 35.1. The minimum absolute atomic E-state index is 0.122. The van der Waals surface area contributed by atoms with Crippen molar-refractivity contribution in [1.82, 2.24) is 0 Å². The van der Waals surface area contributed by atoms with Crippen LogP contribution >= 0.6 is 0 Å². The van der Waals surface area contributed by atoms with Crippen LogP contribution in [0.25, 0.3) is 111 Å². The van der Waals surface area contributed by atoms with Crippen molar-refractivity contribution in [2.45, 2.75) is 221 Å². The SMILES string of the molecule is Cc1c(C(C)C)cc(-c2ccc(C3=NC(C)(C)CO3)cc2)cc1C(C)C.Cc1cc2ccc(-c3ccc(-c4ccc(C)c(C)c4)c(C)c3)cc2o1.[2H]C(C)(C)c1cc(-c2ccc(C3=NC(C)(C)CO3)cc2)cc(C([2H])(C)C)c1C.[2H]C([2H])([2H])c1cc(-c2ccc(-c3ccc4c(c3)N=C(C)C4)cc2C([2H])([2H])[2H])ccc1C.[2H]C([2H])([2H])c1cc(-c2ccc(-c3ccc4cc(C)oc4c3)cc2C([2H])([2H])[2H])ccc1C. The van der Waals surface area contributed by atoms with Gasteiger partial charge in [0.2, 0.25) is 11.8 Å². The van der Waals surface area contributed by atoms with E-state index in [0.717, 1.165) is 118 Å². The number of hydrogen-bond donors (Lipinski definition) is 0. The molecule has 0 bridgehead atoms. The fourth-order valence-corrected chi connectivity index (χ4v) is 16.9. The number of ether oxygens (including phenoxy) is 2. The highest BCUT2D eigenvalue weighted by molar-refractivity contribution is 5.97. The molecule has 18 rings (SSSR count). The Hall–Kier alpha value is -12.5. The van der Waals surface area contributed by atoms with Gasteiger partial charge >= 0.3 is 0 Å². The van der Waals surface area contributed by atoms with Crippen LogP contribution in [0.2, 0.25) is 0 Å². The number of benzene rings is 13. The number of rotatable bonds is 14. The molecule has 127 heavy (non-hydrogen) atoms. The summed E-state index contributed by atoms with van der Waals surface area (Å²) < 4.78 is 135. The van der Waals surface area contributed by atoms with E-state index >= 15 is 0 Å². The van der Waals surface area contributed by atoms with Crippen LogP contribution in [-0.2, 0) is 15.9 Å². The normalized spacial score (nSPS) is 15.7. The lowest BCUT2D eigenvalue weighted by atomic mass is 9.86. The second kappa shape index (κ2) is 38.0. The first kappa shape index (κ1) is 73.7. The second-order valence-electron chi connectivity index (χ2n) is 37.0. The summed E-state index contributed by atoms with van der Waals surface area (Å²) in [6.07, 6.45) is 0.842. The maximum atomic E-state index is 8.57. The molecule has 0 spiro atoms. The first-order valence-corrected chi connectivity index (χ1v) is 44.2. The van der Waals surface area contributed by atoms with Gasteiger partial charge in [0.15, 0.2) is 0 Å². The number of aliphatic imine (C=N–C) groups is 3. The molecule has 0 N–H and O–H groups in total. The molecular formula is C120H129N3O4. The predicted octanol–water partition coefficient (Wildman–Crippen LogP) is 33.5. The zero-order valence-corrected chi connectivity index (χ0v) is 77.9. The highest BCUT2D eigenvalue weighted by Gasteiger charge is 2.29. The molecule has 0 saturated carbocycles. The molecule has 648 valence electrons. The van der Waals surface area contributed by atoms with Crippen molar-refractivity contribution in [3.8, 4) is 89.0 Å². The summed E-state index contributed by atoms with van der Waals surface area (Å²) in [7, 11) is 0. The van der Waals surface area contributed by atoms with Gasteiger partial charge in [0.25, 0.3) is 0 Å². The van der Waals surface area contributed by atoms with E-state index in [1.165, 1.54) is 72.3 Å². The van der Waals surface area contributed by atoms with Crippen LogP contribution in [0, 0.1) is 89.7 Å². The van der Waals surface area contributed by atoms with Crippen LogP contribution < -0.4 is 0 Å². The van der Waals surface area contributed by atoms with Crippen molar-refractivity contribution in [2.75, 3.05) is 13.2 Å². The molecule has 7 heteroatoms. The fraction of sp³-hybridized carbons (Fsp3) is 0.292. The topological polar surface area (TPSA) is 81.8 Å². The van der Waals surface area contributed by atoms with Crippen molar-refractivity contribution in [2.24, 2.45) is 15.0 Å². The van der Waals surface area contributed by atoms with Crippen molar-refractivity contribution in [1.29, 1.82) is 0 Å². The molecule has 7 nitrogen and oxygen atoms in total. The van der Waals surface area contributed by atoms with Crippen LogP contribution in [0.15, 0.2) is 273 Å². The van der Waals surface area contributed by atoms with Gasteiger partial charge in [0, 0.05) is 53.2 Å². The van der Waals surface area contributed by atoms with E-state index in [2.05, 4.69) is 219 Å². The van der Waals surface area contributed by atoms with Gasteiger partial charge in [0.05, 0.1) is 16.8 Å². The zero-order valence-electron chi connectivity index (χ0n) is 91.9. The Morgan fingerprint density at radius 2 is 0.622 bits per heavy atom. The summed E-state index contributed by atoms with van der Waals surface area (Å²) in [5, 5.41) is 2.15. The lowest BCUT2D eigenvalue weighted by molar-refractivity contribution is 0.279. The van der Waals surface area contributed by atoms with Crippen LogP contribution in [0.4, 0.5) is 5.69 Å². The molecule has 5 heterocycles. The second-order valence-corrected chi connectivity index (χ2v) is 37.0. The predicted molar refractivity (Wildman–Crippen MR) is 543 cm³/mol. The van der Waals surface area contributed by atoms with Gasteiger partial charge in [0.1, 0.15) is 35.9 Å². The third kappa shape index (κ3) is 21.1. The van der Waals surface area contributed by atoms with E-state index in [1.54, 1.807) is 74.5 Å². The van der Waals surface area contributed by atoms with Crippen LogP contribution in [0.1, 0.15) is 244 Å². The largest absolute Gasteiger partial charge is 0.475 e. The van der Waals surface area contributed by atoms with Crippen LogP contribution in [0.5, 0.6) is 0 Å². The molecule has 0 atom stereocenters. The summed E-state index contributed by atoms with van der Waals surface area (Å²) in [5.74, 6) is 2.82. The smallest absolute Gasteiger partial charge is 0.216 e. The molecule has 0 amide bonds. The Morgan fingerprint density at radius 1 is 0.299 bits per heavy atom. The van der Waals surface area contributed by atoms with E-state index in [4.69, 9.17) is 37.5 Å². The number of furan rings is 2. The number of fused-ring (bicyclic) bond motifs is 3. The summed E-state index contributed by atoms with van der Waals surface area (Å²) in [6.45, 7) is 37.2. The van der Waals surface area contributed by atoms with E-state index in [-0.39, 0.29) is 33.3 Å². The quantitative estimate of drug-likeness (QED) is 0.109. The molecule has 3 aliphatic rings. The molecular weight excluding hydrogens is 1550 g/mol. The molecule has 0 saturated heterocycles. The molecule has 0 aliphatic carbocycles. The molecule has 0 radical (unpaired) electrons. The maximum absolute atomic E-state index is 8.57. The summed E-state index contributed by atoms with van der Waals surface area (Å²) >= 11 is 0. The average molecular weight is 1690 g/mol. The highest BCUT2D eigenvalue weighted by atomic mass is 16.5. The Labute approximate surface area is 777 Å². The van der Waals surface area contributed by atoms with Gasteiger partial charge in [-0.15, -0.1) is 0 Å². The van der Waals surface area contributed by atoms with Gasteiger partial charge in [-0.05, 0) is 381 Å². The van der Waals surface area contributed by atoms with Gasteiger partial charge < -0.3 is 18.3 Å². The van der Waals surface area contributed by atoms with Crippen molar-refractivity contribution in [3.63, 3.8) is 0 Å². The standard InChI is InChI=1S/2C24H31NO.C24H23N.2C24H22O/c2*1-15(2)21-12-20(13-22(16(3)4)17(21)5)18-8-10-19(11-9-18)23-25-24(6,7)14-26-23;3*1-15-5-6-21(11-16(15)2)23-10-9-19(12-17(23)3)20-7-8-22-13-18(4)25-24(22)14-20/h2*8-13,15-16H,14H2,1-7H3;5-12,14H,13H2,1-4H3;2*5-14H,1-4H3/i15D,16D;;2*2D3,3D3;. The molecule has 3 aliphatic heterocycles.